The zero-order valence-electron chi connectivity index (χ0n) is 17.8. The normalized spacial score (nSPS) is 45.9. The quantitative estimate of drug-likeness (QED) is 0.333. The monoisotopic (exact) mass is 406 g/mol. The predicted molar refractivity (Wildman–Crippen MR) is 111 cm³/mol. The Kier molecular flexibility index (Phi) is 5.22. The van der Waals surface area contributed by atoms with E-state index in [0.29, 0.717) is 11.8 Å². The first kappa shape index (κ1) is 20.4. The number of carbonyl (C=O) groups is 2. The third-order valence-corrected chi connectivity index (χ3v) is 9.77. The highest BCUT2D eigenvalue weighted by Gasteiger charge is 2.59. The van der Waals surface area contributed by atoms with Gasteiger partial charge in [-0.3, -0.25) is 9.59 Å². The number of fused-ring (bicyclic) bond motifs is 5. The van der Waals surface area contributed by atoms with Crippen LogP contribution in [0.2, 0.25) is 0 Å². The first-order valence-electron chi connectivity index (χ1n) is 11.2. The molecule has 3 nitrogen and oxygen atoms in total. The maximum Gasteiger partial charge on any atom is 0.302 e. The summed E-state index contributed by atoms with van der Waals surface area (Å²) in [5.74, 6) is 2.40. The molecular weight excluding hydrogens is 372 g/mol. The second kappa shape index (κ2) is 7.15. The Labute approximate surface area is 174 Å². The van der Waals surface area contributed by atoms with Gasteiger partial charge in [0.05, 0.1) is 0 Å². The fourth-order valence-electron chi connectivity index (χ4n) is 7.98. The molecule has 0 bridgehead atoms. The van der Waals surface area contributed by atoms with Crippen molar-refractivity contribution in [2.45, 2.75) is 85.2 Å². The van der Waals surface area contributed by atoms with E-state index in [1.807, 2.05) is 6.92 Å². The van der Waals surface area contributed by atoms with Gasteiger partial charge in [-0.15, -0.1) is 0 Å². The summed E-state index contributed by atoms with van der Waals surface area (Å²) in [5, 5.41) is -0.157. The van der Waals surface area contributed by atoms with E-state index in [4.69, 9.17) is 16.3 Å². The van der Waals surface area contributed by atoms with Crippen molar-refractivity contribution in [2.75, 3.05) is 0 Å². The Balaban J connectivity index is 1.57. The van der Waals surface area contributed by atoms with Gasteiger partial charge in [-0.1, -0.05) is 32.4 Å². The van der Waals surface area contributed by atoms with Gasteiger partial charge in [-0.25, -0.2) is 0 Å². The van der Waals surface area contributed by atoms with Crippen LogP contribution in [0.15, 0.2) is 11.6 Å². The zero-order chi connectivity index (χ0) is 20.3. The van der Waals surface area contributed by atoms with Crippen LogP contribution in [0.4, 0.5) is 0 Å². The number of rotatable bonds is 3. The highest BCUT2D eigenvalue weighted by molar-refractivity contribution is 6.63. The van der Waals surface area contributed by atoms with Crippen LogP contribution in [0.3, 0.4) is 0 Å². The van der Waals surface area contributed by atoms with Crippen molar-refractivity contribution in [2.24, 2.45) is 40.4 Å². The van der Waals surface area contributed by atoms with Crippen molar-refractivity contribution in [3.05, 3.63) is 11.6 Å². The Morgan fingerprint density at radius 3 is 2.57 bits per heavy atom. The Hall–Kier alpha value is -0.830. The van der Waals surface area contributed by atoms with Crippen molar-refractivity contribution in [1.29, 1.82) is 0 Å². The van der Waals surface area contributed by atoms with Gasteiger partial charge in [-0.2, -0.15) is 0 Å². The highest BCUT2D eigenvalue weighted by Crippen LogP contribution is 2.67. The Bertz CT molecular complexity index is 700. The van der Waals surface area contributed by atoms with Crippen LogP contribution in [0.1, 0.15) is 79.1 Å². The average molecular weight is 407 g/mol. The minimum absolute atomic E-state index is 0.0299. The lowest BCUT2D eigenvalue weighted by Gasteiger charge is -2.58. The molecule has 156 valence electrons. The molecule has 8 atom stereocenters. The molecule has 3 saturated carbocycles. The fourth-order valence-corrected chi connectivity index (χ4v) is 8.13. The SMILES string of the molecule is CC(=O)OC1CCC2(C)C(=CCC3C2CCC2(C)C(C(C)C(=O)Cl)CCC32)C1. The molecule has 0 aromatic heterocycles. The van der Waals surface area contributed by atoms with E-state index in [9.17, 15) is 9.59 Å². The predicted octanol–water partition coefficient (Wildman–Crippen LogP) is 5.90. The number of carbonyl (C=O) groups excluding carboxylic acids is 2. The molecule has 0 amide bonds. The fraction of sp³-hybridized carbons (Fsp3) is 0.833. The summed E-state index contributed by atoms with van der Waals surface area (Å²) in [4.78, 5) is 23.3. The van der Waals surface area contributed by atoms with Gasteiger partial charge in [0, 0.05) is 19.3 Å². The number of allylic oxidation sites excluding steroid dienone is 1. The smallest absolute Gasteiger partial charge is 0.302 e. The van der Waals surface area contributed by atoms with Crippen LogP contribution in [-0.2, 0) is 14.3 Å². The van der Waals surface area contributed by atoms with Crippen molar-refractivity contribution >= 4 is 22.8 Å². The Morgan fingerprint density at radius 2 is 1.89 bits per heavy atom. The maximum atomic E-state index is 11.9. The zero-order valence-corrected chi connectivity index (χ0v) is 18.6. The standard InChI is InChI=1S/C24H35ClO3/c1-14(22(25)27)19-7-8-20-18-6-5-16-13-17(28-15(2)26)9-11-23(16,3)21(18)10-12-24(19,20)4/h5,14,17-21H,6-13H2,1-4H3. The van der Waals surface area contributed by atoms with E-state index >= 15 is 0 Å². The van der Waals surface area contributed by atoms with Crippen LogP contribution < -0.4 is 0 Å². The van der Waals surface area contributed by atoms with Crippen LogP contribution >= 0.6 is 11.6 Å². The van der Waals surface area contributed by atoms with E-state index in [1.165, 1.54) is 31.8 Å². The molecule has 0 aromatic carbocycles. The minimum Gasteiger partial charge on any atom is -0.462 e. The second-order valence-electron chi connectivity index (χ2n) is 10.6. The third kappa shape index (κ3) is 3.07. The molecule has 0 radical (unpaired) electrons. The molecule has 28 heavy (non-hydrogen) atoms. The number of hydrogen-bond donors (Lipinski definition) is 0. The van der Waals surface area contributed by atoms with Gasteiger partial charge in [0.25, 0.3) is 0 Å². The number of halogens is 1. The topological polar surface area (TPSA) is 43.4 Å². The highest BCUT2D eigenvalue weighted by atomic mass is 35.5. The lowest BCUT2D eigenvalue weighted by atomic mass is 9.47. The van der Waals surface area contributed by atoms with Crippen molar-refractivity contribution < 1.29 is 14.3 Å². The molecule has 0 aliphatic heterocycles. The molecule has 4 rings (SSSR count). The van der Waals surface area contributed by atoms with Gasteiger partial charge in [0.15, 0.2) is 0 Å². The molecule has 4 aliphatic carbocycles. The summed E-state index contributed by atoms with van der Waals surface area (Å²) in [6.45, 7) is 8.47. The molecular formula is C24H35ClO3. The van der Waals surface area contributed by atoms with Crippen molar-refractivity contribution in [3.8, 4) is 0 Å². The van der Waals surface area contributed by atoms with Crippen LogP contribution in [-0.4, -0.2) is 17.3 Å². The van der Waals surface area contributed by atoms with Crippen LogP contribution in [0, 0.1) is 40.4 Å². The molecule has 3 fully saturated rings. The lowest BCUT2D eigenvalue weighted by molar-refractivity contribution is -0.148. The summed E-state index contributed by atoms with van der Waals surface area (Å²) in [6, 6.07) is 0. The molecule has 4 aliphatic rings. The molecule has 8 unspecified atom stereocenters. The summed E-state index contributed by atoms with van der Waals surface area (Å²) in [7, 11) is 0. The van der Waals surface area contributed by atoms with E-state index < -0.39 is 0 Å². The molecule has 0 heterocycles. The van der Waals surface area contributed by atoms with E-state index in [2.05, 4.69) is 19.9 Å². The molecule has 0 N–H and O–H groups in total. The lowest BCUT2D eigenvalue weighted by Crippen LogP contribution is -2.51. The average Bonchev–Trinajstić information content (AvgIpc) is 2.98. The van der Waals surface area contributed by atoms with E-state index in [-0.39, 0.29) is 34.1 Å². The van der Waals surface area contributed by atoms with Crippen molar-refractivity contribution in [1.82, 2.24) is 0 Å². The van der Waals surface area contributed by atoms with Crippen LogP contribution in [0.25, 0.3) is 0 Å². The Morgan fingerprint density at radius 1 is 1.14 bits per heavy atom. The van der Waals surface area contributed by atoms with Gasteiger partial charge in [0.1, 0.15) is 6.10 Å². The summed E-state index contributed by atoms with van der Waals surface area (Å²) < 4.78 is 5.55. The number of hydrogen-bond acceptors (Lipinski definition) is 3. The summed E-state index contributed by atoms with van der Waals surface area (Å²) >= 11 is 5.92. The third-order valence-electron chi connectivity index (χ3n) is 9.43. The van der Waals surface area contributed by atoms with Crippen LogP contribution in [0.5, 0.6) is 0 Å². The van der Waals surface area contributed by atoms with E-state index in [0.717, 1.165) is 43.9 Å². The first-order chi connectivity index (χ1) is 13.2. The first-order valence-corrected chi connectivity index (χ1v) is 11.6. The second-order valence-corrected chi connectivity index (χ2v) is 10.9. The number of ether oxygens (including phenoxy) is 1. The van der Waals surface area contributed by atoms with Gasteiger partial charge in [-0.05, 0) is 91.0 Å². The molecule has 0 spiro atoms. The summed E-state index contributed by atoms with van der Waals surface area (Å²) in [5.41, 5.74) is 2.04. The maximum absolute atomic E-state index is 11.9. The molecule has 0 aromatic rings. The minimum atomic E-state index is -0.157. The van der Waals surface area contributed by atoms with Crippen molar-refractivity contribution in [3.63, 3.8) is 0 Å². The van der Waals surface area contributed by atoms with Gasteiger partial charge in [0.2, 0.25) is 5.24 Å². The van der Waals surface area contributed by atoms with Gasteiger partial charge >= 0.3 is 5.97 Å². The largest absolute Gasteiger partial charge is 0.462 e. The molecule has 4 heteroatoms. The van der Waals surface area contributed by atoms with E-state index in [1.54, 1.807) is 0 Å². The summed E-state index contributed by atoms with van der Waals surface area (Å²) in [6.07, 6.45) is 11.6. The van der Waals surface area contributed by atoms with Gasteiger partial charge < -0.3 is 4.74 Å². The number of esters is 1. The molecule has 0 saturated heterocycles.